The molecule has 0 heterocycles. The number of alkyl halides is 4. The van der Waals surface area contributed by atoms with Crippen LogP contribution < -0.4 is 0 Å². The van der Waals surface area contributed by atoms with Crippen molar-refractivity contribution in [2.45, 2.75) is 37.1 Å². The summed E-state index contributed by atoms with van der Waals surface area (Å²) in [6, 6.07) is 0. The molecule has 0 rings (SSSR count). The van der Waals surface area contributed by atoms with Crippen LogP contribution in [0, 0.1) is 5.92 Å². The van der Waals surface area contributed by atoms with Crippen LogP contribution in [0.1, 0.15) is 20.3 Å². The third-order valence-corrected chi connectivity index (χ3v) is 4.45. The van der Waals surface area contributed by atoms with Crippen LogP contribution in [0.15, 0.2) is 0 Å². The molecule has 6 heteroatoms. The summed E-state index contributed by atoms with van der Waals surface area (Å²) < 4.78 is 9.92. The van der Waals surface area contributed by atoms with Gasteiger partial charge in [0.2, 0.25) is 0 Å². The predicted molar refractivity (Wildman–Crippen MR) is 82.9 cm³/mol. The third kappa shape index (κ3) is 11.0. The number of ether oxygens (including phenoxy) is 2. The van der Waals surface area contributed by atoms with Crippen LogP contribution in [0.4, 0.5) is 0 Å². The summed E-state index contributed by atoms with van der Waals surface area (Å²) in [5.74, 6) is 1.29. The van der Waals surface area contributed by atoms with Gasteiger partial charge in [0, 0.05) is 26.0 Å². The van der Waals surface area contributed by atoms with Gasteiger partial charge in [0.15, 0.2) is 0 Å². The van der Waals surface area contributed by atoms with Gasteiger partial charge in [-0.2, -0.15) is 0 Å². The lowest BCUT2D eigenvalue weighted by Crippen LogP contribution is -2.23. The SMILES string of the molecule is CCC(OC)C(Cl)CCl.COCC(C)C(Cl)CCl. The van der Waals surface area contributed by atoms with Crippen LogP contribution in [-0.2, 0) is 9.47 Å². The average molecular weight is 342 g/mol. The first kappa shape index (κ1) is 21.4. The molecule has 0 radical (unpaired) electrons. The fourth-order valence-corrected chi connectivity index (χ4v) is 2.05. The summed E-state index contributed by atoms with van der Waals surface area (Å²) in [6.45, 7) is 4.72. The van der Waals surface area contributed by atoms with E-state index in [1.807, 2.05) is 13.8 Å². The Morgan fingerprint density at radius 2 is 1.50 bits per heavy atom. The molecule has 0 aliphatic carbocycles. The van der Waals surface area contributed by atoms with E-state index in [1.54, 1.807) is 14.2 Å². The molecule has 18 heavy (non-hydrogen) atoms. The number of hydrogen-bond acceptors (Lipinski definition) is 2. The van der Waals surface area contributed by atoms with Crippen LogP contribution >= 0.6 is 46.4 Å². The molecule has 0 aromatic carbocycles. The lowest BCUT2D eigenvalue weighted by Gasteiger charge is -2.16. The molecule has 0 N–H and O–H groups in total. The smallest absolute Gasteiger partial charge is 0.0743 e. The fourth-order valence-electron chi connectivity index (χ4n) is 1.19. The third-order valence-electron chi connectivity index (χ3n) is 2.45. The van der Waals surface area contributed by atoms with Gasteiger partial charge in [0.05, 0.1) is 23.5 Å². The second-order valence-electron chi connectivity index (χ2n) is 3.96. The van der Waals surface area contributed by atoms with E-state index in [0.29, 0.717) is 24.3 Å². The van der Waals surface area contributed by atoms with Gasteiger partial charge in [0.1, 0.15) is 0 Å². The summed E-state index contributed by atoms with van der Waals surface area (Å²) >= 11 is 22.5. The van der Waals surface area contributed by atoms with E-state index in [9.17, 15) is 0 Å². The highest BCUT2D eigenvalue weighted by Gasteiger charge is 2.14. The van der Waals surface area contributed by atoms with Gasteiger partial charge in [-0.15, -0.1) is 46.4 Å². The van der Waals surface area contributed by atoms with Crippen molar-refractivity contribution in [3.05, 3.63) is 0 Å². The van der Waals surface area contributed by atoms with Gasteiger partial charge in [-0.1, -0.05) is 13.8 Å². The molecule has 0 spiro atoms. The molecule has 0 aliphatic rings. The summed E-state index contributed by atoms with van der Waals surface area (Å²) in [6.07, 6.45) is 1.02. The molecule has 0 aliphatic heterocycles. The maximum atomic E-state index is 5.78. The average Bonchev–Trinajstić information content (AvgIpc) is 2.39. The van der Waals surface area contributed by atoms with Crippen molar-refractivity contribution < 1.29 is 9.47 Å². The second-order valence-corrected chi connectivity index (χ2v) is 5.69. The van der Waals surface area contributed by atoms with Crippen LogP contribution in [0.2, 0.25) is 0 Å². The molecule has 0 bridgehead atoms. The molecule has 112 valence electrons. The van der Waals surface area contributed by atoms with Crippen LogP contribution in [0.5, 0.6) is 0 Å². The minimum atomic E-state index is -0.0540. The monoisotopic (exact) mass is 340 g/mol. The minimum Gasteiger partial charge on any atom is -0.384 e. The maximum absolute atomic E-state index is 5.78. The minimum absolute atomic E-state index is 0.0339. The maximum Gasteiger partial charge on any atom is 0.0743 e. The normalized spacial score (nSPS) is 17.3. The van der Waals surface area contributed by atoms with Gasteiger partial charge in [-0.05, 0) is 12.3 Å². The van der Waals surface area contributed by atoms with Gasteiger partial charge in [-0.3, -0.25) is 0 Å². The molecule has 4 unspecified atom stereocenters. The van der Waals surface area contributed by atoms with Crippen molar-refractivity contribution in [2.75, 3.05) is 32.6 Å². The first-order chi connectivity index (χ1) is 8.48. The zero-order chi connectivity index (χ0) is 14.6. The van der Waals surface area contributed by atoms with Gasteiger partial charge in [-0.25, -0.2) is 0 Å². The molecule has 0 aromatic rings. The van der Waals surface area contributed by atoms with E-state index in [1.165, 1.54) is 0 Å². The van der Waals surface area contributed by atoms with Crippen LogP contribution in [0.3, 0.4) is 0 Å². The zero-order valence-corrected chi connectivity index (χ0v) is 14.5. The number of rotatable bonds is 8. The lowest BCUT2D eigenvalue weighted by atomic mass is 10.1. The Labute approximate surface area is 131 Å². The molecular formula is C12H24Cl4O2. The van der Waals surface area contributed by atoms with Crippen LogP contribution in [-0.4, -0.2) is 49.4 Å². The van der Waals surface area contributed by atoms with Gasteiger partial charge in [0.25, 0.3) is 0 Å². The zero-order valence-electron chi connectivity index (χ0n) is 11.5. The number of halogens is 4. The first-order valence-corrected chi connectivity index (χ1v) is 7.84. The second kappa shape index (κ2) is 14.5. The van der Waals surface area contributed by atoms with E-state index in [-0.39, 0.29) is 16.9 Å². The fraction of sp³-hybridized carbons (Fsp3) is 1.00. The Kier molecular flexibility index (Phi) is 17.2. The highest BCUT2D eigenvalue weighted by molar-refractivity contribution is 6.28. The summed E-state index contributed by atoms with van der Waals surface area (Å²) in [5, 5.41) is -0.0201. The Hall–Kier alpha value is 1.08. The topological polar surface area (TPSA) is 18.5 Å². The molecular weight excluding hydrogens is 318 g/mol. The molecule has 0 amide bonds. The standard InChI is InChI=1S/2C6H12Cl2O/c1-5(4-9-2)6(8)3-7;1-3-6(9-2)5(8)4-7/h2*5-6H,3-4H2,1-2H3. The number of methoxy groups -OCH3 is 2. The predicted octanol–water partition coefficient (Wildman–Crippen LogP) is 4.37. The summed E-state index contributed by atoms with van der Waals surface area (Å²) in [7, 11) is 3.31. The molecule has 4 atom stereocenters. The quantitative estimate of drug-likeness (QED) is 0.610. The Balaban J connectivity index is 0. The highest BCUT2D eigenvalue weighted by atomic mass is 35.5. The van der Waals surface area contributed by atoms with Gasteiger partial charge < -0.3 is 9.47 Å². The number of hydrogen-bond donors (Lipinski definition) is 0. The molecule has 0 fully saturated rings. The van der Waals surface area contributed by atoms with E-state index in [0.717, 1.165) is 6.42 Å². The van der Waals surface area contributed by atoms with Crippen molar-refractivity contribution in [2.24, 2.45) is 5.92 Å². The molecule has 2 nitrogen and oxygen atoms in total. The Morgan fingerprint density at radius 3 is 1.72 bits per heavy atom. The molecule has 0 aromatic heterocycles. The van der Waals surface area contributed by atoms with Crippen LogP contribution in [0.25, 0.3) is 0 Å². The largest absolute Gasteiger partial charge is 0.384 e. The van der Waals surface area contributed by atoms with E-state index in [4.69, 9.17) is 55.9 Å². The molecule has 0 saturated carbocycles. The Morgan fingerprint density at radius 1 is 1.00 bits per heavy atom. The molecule has 0 saturated heterocycles. The Bertz CT molecular complexity index is 168. The van der Waals surface area contributed by atoms with Gasteiger partial charge >= 0.3 is 0 Å². The first-order valence-electron chi connectivity index (χ1n) is 5.90. The van der Waals surface area contributed by atoms with Crippen molar-refractivity contribution in [1.29, 1.82) is 0 Å². The highest BCUT2D eigenvalue weighted by Crippen LogP contribution is 2.12. The van der Waals surface area contributed by atoms with Crippen molar-refractivity contribution >= 4 is 46.4 Å². The lowest BCUT2D eigenvalue weighted by molar-refractivity contribution is 0.0999. The van der Waals surface area contributed by atoms with E-state index >= 15 is 0 Å². The van der Waals surface area contributed by atoms with Crippen molar-refractivity contribution in [3.63, 3.8) is 0 Å². The summed E-state index contributed by atoms with van der Waals surface area (Å²) in [5.41, 5.74) is 0. The van der Waals surface area contributed by atoms with Crippen molar-refractivity contribution in [3.8, 4) is 0 Å². The van der Waals surface area contributed by atoms with E-state index in [2.05, 4.69) is 0 Å². The summed E-state index contributed by atoms with van der Waals surface area (Å²) in [4.78, 5) is 0. The van der Waals surface area contributed by atoms with E-state index < -0.39 is 0 Å². The van der Waals surface area contributed by atoms with Crippen molar-refractivity contribution in [1.82, 2.24) is 0 Å².